The third-order valence-electron chi connectivity index (χ3n) is 5.93. The van der Waals surface area contributed by atoms with E-state index in [4.69, 9.17) is 9.47 Å². The first-order chi connectivity index (χ1) is 15.5. The molecule has 2 aliphatic rings. The Balaban J connectivity index is 1.46. The fourth-order valence-corrected chi connectivity index (χ4v) is 5.52. The van der Waals surface area contributed by atoms with E-state index in [2.05, 4.69) is 4.90 Å². The van der Waals surface area contributed by atoms with Crippen LogP contribution in [0.1, 0.15) is 5.56 Å². The van der Waals surface area contributed by atoms with E-state index in [-0.39, 0.29) is 10.8 Å². The summed E-state index contributed by atoms with van der Waals surface area (Å²) in [6.45, 7) is 3.89. The summed E-state index contributed by atoms with van der Waals surface area (Å²) in [5.74, 6) is 0.724. The number of benzene rings is 2. The lowest BCUT2D eigenvalue weighted by atomic mass is 10.1. The van der Waals surface area contributed by atoms with E-state index in [1.165, 1.54) is 4.31 Å². The predicted octanol–water partition coefficient (Wildman–Crippen LogP) is 1.61. The van der Waals surface area contributed by atoms with Crippen LogP contribution in [0.25, 0.3) is 0 Å². The molecule has 0 unspecified atom stereocenters. The van der Waals surface area contributed by atoms with E-state index in [9.17, 15) is 13.2 Å². The Kier molecular flexibility index (Phi) is 6.98. The lowest BCUT2D eigenvalue weighted by Crippen LogP contribution is -2.49. The zero-order valence-corrected chi connectivity index (χ0v) is 19.1. The van der Waals surface area contributed by atoms with E-state index in [0.29, 0.717) is 64.7 Å². The molecule has 2 aliphatic heterocycles. The van der Waals surface area contributed by atoms with Gasteiger partial charge in [-0.05, 0) is 23.8 Å². The van der Waals surface area contributed by atoms with Crippen molar-refractivity contribution >= 4 is 21.6 Å². The van der Waals surface area contributed by atoms with Crippen molar-refractivity contribution in [2.24, 2.45) is 0 Å². The summed E-state index contributed by atoms with van der Waals surface area (Å²) in [4.78, 5) is 16.9. The number of carbonyl (C=O) groups is 1. The number of sulfonamides is 1. The molecule has 2 aromatic carbocycles. The summed E-state index contributed by atoms with van der Waals surface area (Å²) >= 11 is 0. The molecule has 1 amide bonds. The van der Waals surface area contributed by atoms with Gasteiger partial charge in [-0.1, -0.05) is 30.3 Å². The average molecular weight is 460 g/mol. The lowest BCUT2D eigenvalue weighted by molar-refractivity contribution is -0.130. The van der Waals surface area contributed by atoms with Gasteiger partial charge in [-0.2, -0.15) is 4.31 Å². The summed E-state index contributed by atoms with van der Waals surface area (Å²) < 4.78 is 38.5. The van der Waals surface area contributed by atoms with Crippen LogP contribution in [0.15, 0.2) is 53.4 Å². The molecule has 32 heavy (non-hydrogen) atoms. The van der Waals surface area contributed by atoms with Crippen molar-refractivity contribution in [1.29, 1.82) is 0 Å². The number of piperazine rings is 1. The highest BCUT2D eigenvalue weighted by Crippen LogP contribution is 2.33. The van der Waals surface area contributed by atoms with Gasteiger partial charge in [-0.15, -0.1) is 0 Å². The molecule has 2 fully saturated rings. The average Bonchev–Trinajstić information content (AvgIpc) is 2.85. The van der Waals surface area contributed by atoms with Crippen LogP contribution >= 0.6 is 0 Å². The summed E-state index contributed by atoms with van der Waals surface area (Å²) in [6, 6.07) is 14.7. The number of hydrogen-bond donors (Lipinski definition) is 0. The van der Waals surface area contributed by atoms with Gasteiger partial charge in [0.1, 0.15) is 5.75 Å². The van der Waals surface area contributed by atoms with Gasteiger partial charge in [-0.3, -0.25) is 4.79 Å². The first-order valence-corrected chi connectivity index (χ1v) is 12.3. The van der Waals surface area contributed by atoms with Gasteiger partial charge in [-0.25, -0.2) is 8.42 Å². The molecule has 0 atom stereocenters. The summed E-state index contributed by atoms with van der Waals surface area (Å²) in [5, 5.41) is 0. The molecule has 2 heterocycles. The first kappa shape index (κ1) is 22.6. The van der Waals surface area contributed by atoms with Gasteiger partial charge < -0.3 is 19.3 Å². The molecule has 0 aromatic heterocycles. The van der Waals surface area contributed by atoms with Crippen molar-refractivity contribution in [2.75, 3.05) is 64.5 Å². The van der Waals surface area contributed by atoms with Crippen LogP contribution in [-0.2, 0) is 26.0 Å². The van der Waals surface area contributed by atoms with Gasteiger partial charge >= 0.3 is 0 Å². The lowest BCUT2D eigenvalue weighted by Gasteiger charge is -2.37. The van der Waals surface area contributed by atoms with Gasteiger partial charge in [0.05, 0.1) is 37.3 Å². The van der Waals surface area contributed by atoms with Crippen molar-refractivity contribution in [1.82, 2.24) is 9.21 Å². The monoisotopic (exact) mass is 459 g/mol. The molecular weight excluding hydrogens is 430 g/mol. The maximum absolute atomic E-state index is 13.1. The van der Waals surface area contributed by atoms with E-state index in [0.717, 1.165) is 11.3 Å². The molecule has 9 heteroatoms. The topological polar surface area (TPSA) is 79.4 Å². The van der Waals surface area contributed by atoms with E-state index >= 15 is 0 Å². The van der Waals surface area contributed by atoms with Crippen LogP contribution < -0.4 is 9.64 Å². The molecule has 4 rings (SSSR count). The zero-order chi connectivity index (χ0) is 22.6. The number of anilines is 1. The number of hydrogen-bond acceptors (Lipinski definition) is 6. The SMILES string of the molecule is COc1ccc(S(=O)(=O)N2CCOCC2)cc1N1CCN(C(=O)Cc2ccccc2)CC1. The molecule has 0 spiro atoms. The van der Waals surface area contributed by atoms with Crippen molar-refractivity contribution in [3.63, 3.8) is 0 Å². The van der Waals surface area contributed by atoms with Crippen molar-refractivity contribution < 1.29 is 22.7 Å². The minimum atomic E-state index is -3.60. The number of methoxy groups -OCH3 is 1. The highest BCUT2D eigenvalue weighted by Gasteiger charge is 2.29. The van der Waals surface area contributed by atoms with Gasteiger partial charge in [0.25, 0.3) is 0 Å². The quantitative estimate of drug-likeness (QED) is 0.653. The van der Waals surface area contributed by atoms with Crippen molar-refractivity contribution in [2.45, 2.75) is 11.3 Å². The molecule has 0 radical (unpaired) electrons. The largest absolute Gasteiger partial charge is 0.495 e. The molecule has 0 saturated carbocycles. The van der Waals surface area contributed by atoms with Crippen LogP contribution in [0.3, 0.4) is 0 Å². The van der Waals surface area contributed by atoms with Gasteiger partial charge in [0, 0.05) is 39.3 Å². The van der Waals surface area contributed by atoms with Crippen LogP contribution in [0.4, 0.5) is 5.69 Å². The molecule has 2 saturated heterocycles. The molecule has 0 aliphatic carbocycles. The van der Waals surface area contributed by atoms with E-state index in [1.807, 2.05) is 35.2 Å². The standard InChI is InChI=1S/C23H29N3O5S/c1-30-22-8-7-20(32(28,29)26-13-15-31-16-14-26)18-21(22)24-9-11-25(12-10-24)23(27)17-19-5-3-2-4-6-19/h2-8,18H,9-17H2,1H3. The fraction of sp³-hybridized carbons (Fsp3) is 0.435. The number of ether oxygens (including phenoxy) is 2. The predicted molar refractivity (Wildman–Crippen MR) is 122 cm³/mol. The Bertz CT molecular complexity index is 1030. The van der Waals surface area contributed by atoms with Crippen LogP contribution in [0.5, 0.6) is 5.75 Å². The third-order valence-corrected chi connectivity index (χ3v) is 7.82. The second-order valence-electron chi connectivity index (χ2n) is 7.88. The Morgan fingerprint density at radius 2 is 1.66 bits per heavy atom. The maximum Gasteiger partial charge on any atom is 0.243 e. The Hall–Kier alpha value is -2.62. The number of morpholine rings is 1. The van der Waals surface area contributed by atoms with E-state index in [1.54, 1.807) is 25.3 Å². The minimum absolute atomic E-state index is 0.103. The highest BCUT2D eigenvalue weighted by molar-refractivity contribution is 7.89. The Morgan fingerprint density at radius 1 is 0.969 bits per heavy atom. The number of nitrogens with zero attached hydrogens (tertiary/aromatic N) is 3. The normalized spacial score (nSPS) is 17.9. The Morgan fingerprint density at radius 3 is 2.31 bits per heavy atom. The molecular formula is C23H29N3O5S. The fourth-order valence-electron chi connectivity index (χ4n) is 4.09. The van der Waals surface area contributed by atoms with E-state index < -0.39 is 10.0 Å². The molecule has 2 aromatic rings. The number of rotatable bonds is 6. The minimum Gasteiger partial charge on any atom is -0.495 e. The van der Waals surface area contributed by atoms with Crippen molar-refractivity contribution in [3.8, 4) is 5.75 Å². The van der Waals surface area contributed by atoms with Crippen LogP contribution in [0.2, 0.25) is 0 Å². The second-order valence-corrected chi connectivity index (χ2v) is 9.82. The van der Waals surface area contributed by atoms with Gasteiger partial charge in [0.15, 0.2) is 0 Å². The highest BCUT2D eigenvalue weighted by atomic mass is 32.2. The second kappa shape index (κ2) is 9.89. The molecule has 0 N–H and O–H groups in total. The first-order valence-electron chi connectivity index (χ1n) is 10.8. The molecule has 8 nitrogen and oxygen atoms in total. The Labute approximate surface area is 189 Å². The smallest absolute Gasteiger partial charge is 0.243 e. The summed E-state index contributed by atoms with van der Waals surface area (Å²) in [6.07, 6.45) is 0.386. The van der Waals surface area contributed by atoms with Crippen LogP contribution in [0, 0.1) is 0 Å². The zero-order valence-electron chi connectivity index (χ0n) is 18.3. The summed E-state index contributed by atoms with van der Waals surface area (Å²) in [5.41, 5.74) is 1.74. The van der Waals surface area contributed by atoms with Gasteiger partial charge in [0.2, 0.25) is 15.9 Å². The number of amides is 1. The van der Waals surface area contributed by atoms with Crippen LogP contribution in [-0.4, -0.2) is 83.1 Å². The molecule has 172 valence electrons. The van der Waals surface area contributed by atoms with Crippen molar-refractivity contribution in [3.05, 3.63) is 54.1 Å². The number of carbonyl (C=O) groups excluding carboxylic acids is 1. The molecule has 0 bridgehead atoms. The maximum atomic E-state index is 13.1. The third kappa shape index (κ3) is 4.90. The summed E-state index contributed by atoms with van der Waals surface area (Å²) in [7, 11) is -2.02.